The molecule has 0 radical (unpaired) electrons. The van der Waals surface area contributed by atoms with Crippen LogP contribution in [0, 0.1) is 0 Å². The third-order valence-electron chi connectivity index (χ3n) is 2.71. The van der Waals surface area contributed by atoms with Gasteiger partial charge in [-0.15, -0.1) is 0 Å². The number of halogens is 2. The number of hydrogen-bond acceptors (Lipinski definition) is 3. The van der Waals surface area contributed by atoms with Crippen molar-refractivity contribution in [2.24, 2.45) is 0 Å². The summed E-state index contributed by atoms with van der Waals surface area (Å²) < 4.78 is 28.8. The molecular formula is C13H16F2N2O2. The number of ether oxygens (including phenoxy) is 1. The summed E-state index contributed by atoms with van der Waals surface area (Å²) in [6.07, 6.45) is 2.40. The van der Waals surface area contributed by atoms with E-state index in [-0.39, 0.29) is 11.7 Å². The largest absolute Gasteiger partial charge is 0.433 e. The van der Waals surface area contributed by atoms with Crippen molar-refractivity contribution < 1.29 is 18.3 Å². The molecule has 1 aromatic carbocycles. The number of carbonyl (C=O) groups excluding carboxylic acids is 1. The Balaban J connectivity index is 1.79. The molecule has 1 aromatic rings. The van der Waals surface area contributed by atoms with Crippen molar-refractivity contribution in [1.29, 1.82) is 0 Å². The van der Waals surface area contributed by atoms with E-state index in [2.05, 4.69) is 15.4 Å². The zero-order valence-corrected chi connectivity index (χ0v) is 10.4. The minimum absolute atomic E-state index is 0.0257. The van der Waals surface area contributed by atoms with E-state index in [1.54, 1.807) is 18.2 Å². The molecule has 104 valence electrons. The summed E-state index contributed by atoms with van der Waals surface area (Å²) in [5, 5.41) is 5.78. The Morgan fingerprint density at radius 2 is 2.11 bits per heavy atom. The van der Waals surface area contributed by atoms with Crippen molar-refractivity contribution in [1.82, 2.24) is 5.32 Å². The van der Waals surface area contributed by atoms with Gasteiger partial charge in [0.25, 0.3) is 0 Å². The number of amides is 1. The zero-order valence-electron chi connectivity index (χ0n) is 10.4. The average Bonchev–Trinajstić information content (AvgIpc) is 3.14. The number of para-hydroxylation sites is 2. The Morgan fingerprint density at radius 1 is 1.37 bits per heavy atom. The number of anilines is 1. The highest BCUT2D eigenvalue weighted by molar-refractivity contribution is 5.77. The van der Waals surface area contributed by atoms with Gasteiger partial charge >= 0.3 is 6.61 Å². The second kappa shape index (κ2) is 6.36. The van der Waals surface area contributed by atoms with Crippen molar-refractivity contribution in [3.63, 3.8) is 0 Å². The van der Waals surface area contributed by atoms with E-state index in [9.17, 15) is 13.6 Å². The Morgan fingerprint density at radius 3 is 2.79 bits per heavy atom. The van der Waals surface area contributed by atoms with Crippen LogP contribution in [0.15, 0.2) is 24.3 Å². The van der Waals surface area contributed by atoms with Crippen molar-refractivity contribution >= 4 is 11.6 Å². The van der Waals surface area contributed by atoms with Crippen LogP contribution in [-0.2, 0) is 4.79 Å². The van der Waals surface area contributed by atoms with E-state index in [4.69, 9.17) is 0 Å². The maximum absolute atomic E-state index is 12.2. The molecule has 2 N–H and O–H groups in total. The van der Waals surface area contributed by atoms with Crippen LogP contribution in [-0.4, -0.2) is 25.1 Å². The van der Waals surface area contributed by atoms with Gasteiger partial charge in [-0.2, -0.15) is 8.78 Å². The molecule has 0 heterocycles. The number of benzene rings is 1. The first kappa shape index (κ1) is 13.6. The third-order valence-corrected chi connectivity index (χ3v) is 2.71. The second-order valence-corrected chi connectivity index (χ2v) is 4.39. The van der Waals surface area contributed by atoms with Crippen LogP contribution >= 0.6 is 0 Å². The third kappa shape index (κ3) is 4.73. The fraction of sp³-hybridized carbons (Fsp3) is 0.462. The van der Waals surface area contributed by atoms with Gasteiger partial charge in [-0.3, -0.25) is 4.79 Å². The normalized spacial score (nSPS) is 14.3. The predicted octanol–water partition coefficient (Wildman–Crippen LogP) is 2.37. The van der Waals surface area contributed by atoms with Gasteiger partial charge in [-0.1, -0.05) is 12.1 Å². The summed E-state index contributed by atoms with van der Waals surface area (Å²) in [7, 11) is 0. The number of alkyl halides is 2. The van der Waals surface area contributed by atoms with Gasteiger partial charge in [-0.25, -0.2) is 0 Å². The lowest BCUT2D eigenvalue weighted by Gasteiger charge is -2.12. The molecule has 0 atom stereocenters. The molecule has 2 rings (SSSR count). The number of nitrogens with one attached hydrogen (secondary N) is 2. The molecular weight excluding hydrogens is 254 g/mol. The maximum atomic E-state index is 12.2. The lowest BCUT2D eigenvalue weighted by molar-refractivity contribution is -0.120. The first-order valence-corrected chi connectivity index (χ1v) is 6.22. The number of rotatable bonds is 7. The lowest BCUT2D eigenvalue weighted by atomic mass is 10.3. The first-order valence-electron chi connectivity index (χ1n) is 6.22. The summed E-state index contributed by atoms with van der Waals surface area (Å²) in [6.45, 7) is -2.48. The molecule has 1 saturated carbocycles. The van der Waals surface area contributed by atoms with Gasteiger partial charge in [-0.05, 0) is 25.0 Å². The summed E-state index contributed by atoms with van der Waals surface area (Å²) in [4.78, 5) is 11.4. The van der Waals surface area contributed by atoms with Crippen molar-refractivity contribution in [3.05, 3.63) is 24.3 Å². The Bertz CT molecular complexity index is 436. The van der Waals surface area contributed by atoms with Crippen LogP contribution in [0.4, 0.5) is 14.5 Å². The highest BCUT2D eigenvalue weighted by Gasteiger charge is 2.22. The molecule has 6 heteroatoms. The van der Waals surface area contributed by atoms with Gasteiger partial charge < -0.3 is 15.4 Å². The van der Waals surface area contributed by atoms with Gasteiger partial charge in [0.15, 0.2) is 0 Å². The van der Waals surface area contributed by atoms with E-state index in [0.717, 1.165) is 12.8 Å². The molecule has 19 heavy (non-hydrogen) atoms. The van der Waals surface area contributed by atoms with Gasteiger partial charge in [0, 0.05) is 19.0 Å². The maximum Gasteiger partial charge on any atom is 0.387 e. The van der Waals surface area contributed by atoms with Crippen LogP contribution < -0.4 is 15.4 Å². The second-order valence-electron chi connectivity index (χ2n) is 4.39. The van der Waals surface area contributed by atoms with Crippen LogP contribution in [0.25, 0.3) is 0 Å². The topological polar surface area (TPSA) is 50.4 Å². The van der Waals surface area contributed by atoms with Crippen molar-refractivity contribution in [2.45, 2.75) is 31.9 Å². The average molecular weight is 270 g/mol. The number of hydrogen-bond donors (Lipinski definition) is 2. The van der Waals surface area contributed by atoms with Crippen LogP contribution in [0.1, 0.15) is 19.3 Å². The fourth-order valence-corrected chi connectivity index (χ4v) is 1.65. The predicted molar refractivity (Wildman–Crippen MR) is 67.3 cm³/mol. The molecule has 1 amide bonds. The highest BCUT2D eigenvalue weighted by Crippen LogP contribution is 2.25. The van der Waals surface area contributed by atoms with Gasteiger partial charge in [0.1, 0.15) is 5.75 Å². The summed E-state index contributed by atoms with van der Waals surface area (Å²) in [5.41, 5.74) is 0.460. The Labute approximate surface area is 110 Å². The molecule has 0 spiro atoms. The van der Waals surface area contributed by atoms with E-state index >= 15 is 0 Å². The standard InChI is InChI=1S/C13H16F2N2O2/c14-13(15)19-11-4-2-1-3-10(11)16-8-7-12(18)17-9-5-6-9/h1-4,9,13,16H,5-8H2,(H,17,18). The number of carbonyl (C=O) groups is 1. The summed E-state index contributed by atoms with van der Waals surface area (Å²) in [6, 6.07) is 6.75. The fourth-order valence-electron chi connectivity index (χ4n) is 1.65. The molecule has 0 aliphatic heterocycles. The molecule has 1 aliphatic rings. The monoisotopic (exact) mass is 270 g/mol. The van der Waals surface area contributed by atoms with E-state index in [1.165, 1.54) is 6.07 Å². The van der Waals surface area contributed by atoms with E-state index in [0.29, 0.717) is 24.7 Å². The molecule has 1 fully saturated rings. The highest BCUT2D eigenvalue weighted by atomic mass is 19.3. The van der Waals surface area contributed by atoms with Crippen molar-refractivity contribution in [2.75, 3.05) is 11.9 Å². The zero-order chi connectivity index (χ0) is 13.7. The quantitative estimate of drug-likeness (QED) is 0.799. The van der Waals surface area contributed by atoms with E-state index in [1.807, 2.05) is 0 Å². The SMILES string of the molecule is O=C(CCNc1ccccc1OC(F)F)NC1CC1. The van der Waals surface area contributed by atoms with Gasteiger partial charge in [0.2, 0.25) is 5.91 Å². The van der Waals surface area contributed by atoms with E-state index < -0.39 is 6.61 Å². The first-order chi connectivity index (χ1) is 9.15. The molecule has 0 aromatic heterocycles. The molecule has 0 bridgehead atoms. The van der Waals surface area contributed by atoms with Crippen LogP contribution in [0.5, 0.6) is 5.75 Å². The smallest absolute Gasteiger partial charge is 0.387 e. The Kier molecular flexibility index (Phi) is 4.54. The molecule has 1 aliphatic carbocycles. The summed E-state index contributed by atoms with van der Waals surface area (Å²) >= 11 is 0. The minimum Gasteiger partial charge on any atom is -0.433 e. The minimum atomic E-state index is -2.86. The van der Waals surface area contributed by atoms with Crippen LogP contribution in [0.2, 0.25) is 0 Å². The van der Waals surface area contributed by atoms with Gasteiger partial charge in [0.05, 0.1) is 5.69 Å². The van der Waals surface area contributed by atoms with Crippen LogP contribution in [0.3, 0.4) is 0 Å². The molecule has 4 nitrogen and oxygen atoms in total. The van der Waals surface area contributed by atoms with Crippen molar-refractivity contribution in [3.8, 4) is 5.75 Å². The summed E-state index contributed by atoms with van der Waals surface area (Å²) in [5.74, 6) is 0.0577. The Hall–Kier alpha value is -1.85. The molecule has 0 saturated heterocycles. The lowest BCUT2D eigenvalue weighted by Crippen LogP contribution is -2.27. The molecule has 0 unspecified atom stereocenters.